The van der Waals surface area contributed by atoms with E-state index in [-0.39, 0.29) is 5.79 Å². The number of hydrogen-bond donors (Lipinski definition) is 0. The van der Waals surface area contributed by atoms with Gasteiger partial charge in [0.2, 0.25) is 0 Å². The van der Waals surface area contributed by atoms with E-state index in [4.69, 9.17) is 9.47 Å². The van der Waals surface area contributed by atoms with Crippen LogP contribution in [0.25, 0.3) is 0 Å². The average molecular weight is 251 g/mol. The Balaban J connectivity index is 1.54. The first kappa shape index (κ1) is 12.1. The van der Waals surface area contributed by atoms with Gasteiger partial charge in [-0.25, -0.2) is 0 Å². The molecule has 0 amide bonds. The molecule has 2 fully saturated rings. The van der Waals surface area contributed by atoms with Gasteiger partial charge in [-0.05, 0) is 19.9 Å². The lowest BCUT2D eigenvalue weighted by molar-refractivity contribution is -0.145. The number of aromatic nitrogens is 2. The Bertz CT molecular complexity index is 424. The minimum Gasteiger partial charge on any atom is -0.346 e. The number of nitrogens with zero attached hydrogens (tertiary/aromatic N) is 3. The summed E-state index contributed by atoms with van der Waals surface area (Å²) in [4.78, 5) is 2.40. The van der Waals surface area contributed by atoms with E-state index in [9.17, 15) is 0 Å². The number of ether oxygens (including phenoxy) is 2. The lowest BCUT2D eigenvalue weighted by atomic mass is 10.2. The molecule has 0 saturated carbocycles. The summed E-state index contributed by atoms with van der Waals surface area (Å²) in [7, 11) is 0. The number of hydrogen-bond acceptors (Lipinski definition) is 4. The molecule has 1 spiro atoms. The number of rotatable bonds is 3. The van der Waals surface area contributed by atoms with Gasteiger partial charge in [0.25, 0.3) is 0 Å². The Kier molecular flexibility index (Phi) is 3.13. The van der Waals surface area contributed by atoms with Gasteiger partial charge in [0.1, 0.15) is 0 Å². The van der Waals surface area contributed by atoms with Crippen LogP contribution in [0.4, 0.5) is 0 Å². The van der Waals surface area contributed by atoms with Gasteiger partial charge >= 0.3 is 0 Å². The van der Waals surface area contributed by atoms with Gasteiger partial charge in [-0.15, -0.1) is 0 Å². The van der Waals surface area contributed by atoms with Gasteiger partial charge in [0.05, 0.1) is 32.0 Å². The van der Waals surface area contributed by atoms with Crippen LogP contribution in [-0.4, -0.2) is 53.3 Å². The molecule has 100 valence electrons. The first-order valence-corrected chi connectivity index (χ1v) is 6.68. The summed E-state index contributed by atoms with van der Waals surface area (Å²) in [5.41, 5.74) is 2.32. The van der Waals surface area contributed by atoms with E-state index in [1.165, 1.54) is 5.69 Å². The zero-order valence-electron chi connectivity index (χ0n) is 11.2. The van der Waals surface area contributed by atoms with Crippen molar-refractivity contribution in [1.82, 2.24) is 14.7 Å². The average Bonchev–Trinajstić information content (AvgIpc) is 3.01. The molecule has 3 heterocycles. The molecule has 1 aromatic rings. The second-order valence-electron chi connectivity index (χ2n) is 5.28. The van der Waals surface area contributed by atoms with E-state index in [2.05, 4.69) is 27.7 Å². The molecule has 2 aliphatic heterocycles. The van der Waals surface area contributed by atoms with Crippen molar-refractivity contribution in [2.45, 2.75) is 32.6 Å². The highest BCUT2D eigenvalue weighted by molar-refractivity contribution is 5.06. The summed E-state index contributed by atoms with van der Waals surface area (Å²) in [6.45, 7) is 9.53. The van der Waals surface area contributed by atoms with Crippen LogP contribution in [0.3, 0.4) is 0 Å². The lowest BCUT2D eigenvalue weighted by Gasteiger charge is -2.22. The fourth-order valence-corrected chi connectivity index (χ4v) is 2.89. The van der Waals surface area contributed by atoms with Crippen LogP contribution >= 0.6 is 0 Å². The third kappa shape index (κ3) is 2.30. The summed E-state index contributed by atoms with van der Waals surface area (Å²) in [5.74, 6) is -0.297. The van der Waals surface area contributed by atoms with Crippen molar-refractivity contribution >= 4 is 0 Å². The molecule has 2 aliphatic rings. The van der Waals surface area contributed by atoms with E-state index in [0.29, 0.717) is 0 Å². The molecule has 5 nitrogen and oxygen atoms in total. The maximum Gasteiger partial charge on any atom is 0.182 e. The first-order chi connectivity index (χ1) is 8.67. The zero-order chi connectivity index (χ0) is 12.6. The van der Waals surface area contributed by atoms with Crippen LogP contribution in [0, 0.1) is 13.8 Å². The molecule has 0 N–H and O–H groups in total. The van der Waals surface area contributed by atoms with Crippen LogP contribution in [0.15, 0.2) is 6.07 Å². The predicted molar refractivity (Wildman–Crippen MR) is 67.4 cm³/mol. The molecule has 0 aromatic carbocycles. The van der Waals surface area contributed by atoms with Gasteiger partial charge in [0.15, 0.2) is 5.79 Å². The minimum atomic E-state index is -0.297. The van der Waals surface area contributed by atoms with Gasteiger partial charge in [-0.3, -0.25) is 9.58 Å². The van der Waals surface area contributed by atoms with Crippen molar-refractivity contribution in [2.24, 2.45) is 0 Å². The molecule has 0 unspecified atom stereocenters. The quantitative estimate of drug-likeness (QED) is 0.802. The molecule has 0 aliphatic carbocycles. The maximum absolute atomic E-state index is 5.73. The van der Waals surface area contributed by atoms with Gasteiger partial charge in [0, 0.05) is 25.2 Å². The summed E-state index contributed by atoms with van der Waals surface area (Å²) < 4.78 is 13.5. The Morgan fingerprint density at radius 3 is 2.72 bits per heavy atom. The van der Waals surface area contributed by atoms with Crippen molar-refractivity contribution in [3.05, 3.63) is 17.5 Å². The Labute approximate surface area is 108 Å². The molecular formula is C13H21N3O2. The van der Waals surface area contributed by atoms with Crippen LogP contribution in [0.2, 0.25) is 0 Å². The highest BCUT2D eigenvalue weighted by Crippen LogP contribution is 2.30. The van der Waals surface area contributed by atoms with Crippen LogP contribution < -0.4 is 0 Å². The predicted octanol–water partition coefficient (Wildman–Crippen LogP) is 0.949. The van der Waals surface area contributed by atoms with Crippen molar-refractivity contribution in [3.63, 3.8) is 0 Å². The Morgan fingerprint density at radius 1 is 1.28 bits per heavy atom. The smallest absolute Gasteiger partial charge is 0.182 e. The minimum absolute atomic E-state index is 0.297. The molecule has 1 aromatic heterocycles. The van der Waals surface area contributed by atoms with Crippen molar-refractivity contribution in [1.29, 1.82) is 0 Å². The molecule has 5 heteroatoms. The third-order valence-electron chi connectivity index (χ3n) is 3.82. The highest BCUT2D eigenvalue weighted by Gasteiger charge is 2.42. The van der Waals surface area contributed by atoms with Gasteiger partial charge in [-0.1, -0.05) is 0 Å². The summed E-state index contributed by atoms with van der Waals surface area (Å²) in [6, 6.07) is 2.12. The van der Waals surface area contributed by atoms with E-state index in [1.54, 1.807) is 0 Å². The molecule has 0 atom stereocenters. The Hall–Kier alpha value is -0.910. The number of likely N-dealkylation sites (tertiary alicyclic amines) is 1. The second-order valence-corrected chi connectivity index (χ2v) is 5.28. The summed E-state index contributed by atoms with van der Waals surface area (Å²) in [5, 5.41) is 4.49. The molecule has 18 heavy (non-hydrogen) atoms. The van der Waals surface area contributed by atoms with Crippen LogP contribution in [-0.2, 0) is 16.0 Å². The van der Waals surface area contributed by atoms with Crippen molar-refractivity contribution < 1.29 is 9.47 Å². The SMILES string of the molecule is Cc1cc(C)n(CCN2CCC3(C2)OCCO3)n1. The molecule has 2 saturated heterocycles. The number of aryl methyl sites for hydroxylation is 2. The van der Waals surface area contributed by atoms with Crippen LogP contribution in [0.5, 0.6) is 0 Å². The van der Waals surface area contributed by atoms with Crippen molar-refractivity contribution in [2.75, 3.05) is 32.8 Å². The zero-order valence-corrected chi connectivity index (χ0v) is 11.2. The summed E-state index contributed by atoms with van der Waals surface area (Å²) in [6.07, 6.45) is 0.990. The van der Waals surface area contributed by atoms with E-state index >= 15 is 0 Å². The third-order valence-corrected chi connectivity index (χ3v) is 3.82. The molecule has 0 radical (unpaired) electrons. The highest BCUT2D eigenvalue weighted by atomic mass is 16.7. The van der Waals surface area contributed by atoms with Gasteiger partial charge < -0.3 is 9.47 Å². The monoisotopic (exact) mass is 251 g/mol. The van der Waals surface area contributed by atoms with E-state index < -0.39 is 0 Å². The van der Waals surface area contributed by atoms with E-state index in [0.717, 1.165) is 51.5 Å². The maximum atomic E-state index is 5.73. The first-order valence-electron chi connectivity index (χ1n) is 6.68. The molecule has 3 rings (SSSR count). The lowest BCUT2D eigenvalue weighted by Crippen LogP contribution is -2.35. The fourth-order valence-electron chi connectivity index (χ4n) is 2.89. The second kappa shape index (κ2) is 4.64. The van der Waals surface area contributed by atoms with E-state index in [1.807, 2.05) is 6.92 Å². The standard InChI is InChI=1S/C13H21N3O2/c1-11-9-12(2)16(14-11)6-5-15-4-3-13(10-15)17-7-8-18-13/h9H,3-8,10H2,1-2H3. The normalized spacial score (nSPS) is 23.2. The van der Waals surface area contributed by atoms with Crippen LogP contribution in [0.1, 0.15) is 17.8 Å². The largest absolute Gasteiger partial charge is 0.346 e. The summed E-state index contributed by atoms with van der Waals surface area (Å²) >= 11 is 0. The fraction of sp³-hybridized carbons (Fsp3) is 0.769. The molecule has 0 bridgehead atoms. The molecular weight excluding hydrogens is 230 g/mol. The van der Waals surface area contributed by atoms with Gasteiger partial charge in [-0.2, -0.15) is 5.10 Å². The van der Waals surface area contributed by atoms with Crippen molar-refractivity contribution in [3.8, 4) is 0 Å². The topological polar surface area (TPSA) is 39.5 Å². The Morgan fingerprint density at radius 2 is 2.06 bits per heavy atom.